The van der Waals surface area contributed by atoms with Gasteiger partial charge in [0, 0.05) is 25.6 Å². The molecule has 0 unspecified atom stereocenters. The zero-order chi connectivity index (χ0) is 14.7. The summed E-state index contributed by atoms with van der Waals surface area (Å²) < 4.78 is 6.45. The Morgan fingerprint density at radius 3 is 2.86 bits per heavy atom. The lowest BCUT2D eigenvalue weighted by molar-refractivity contribution is -0.137. The molecule has 1 aliphatic rings. The van der Waals surface area contributed by atoms with Crippen LogP contribution in [0.4, 0.5) is 0 Å². The van der Waals surface area contributed by atoms with Gasteiger partial charge in [-0.3, -0.25) is 4.79 Å². The molecule has 0 saturated carbocycles. The van der Waals surface area contributed by atoms with Crippen molar-refractivity contribution in [2.24, 2.45) is 0 Å². The third-order valence-corrected chi connectivity index (χ3v) is 5.14. The Hall–Kier alpha value is -1.46. The number of aromatic nitrogens is 1. The Kier molecular flexibility index (Phi) is 4.51. The molecule has 1 aliphatic heterocycles. The van der Waals surface area contributed by atoms with E-state index in [9.17, 15) is 4.79 Å². The minimum atomic E-state index is 0.111. The molecule has 1 aromatic carbocycles. The number of fused-ring (bicyclic) bond motifs is 1. The van der Waals surface area contributed by atoms with Crippen LogP contribution in [0, 0.1) is 0 Å². The van der Waals surface area contributed by atoms with E-state index in [1.54, 1.807) is 11.3 Å². The van der Waals surface area contributed by atoms with E-state index in [0.717, 1.165) is 31.4 Å². The maximum atomic E-state index is 11.9. The second-order valence-corrected chi connectivity index (χ2v) is 6.37. The number of amides is 1. The molecule has 5 heteroatoms. The molecule has 1 amide bonds. The number of likely N-dealkylation sites (tertiary alicyclic amines) is 1. The third kappa shape index (κ3) is 3.24. The first-order valence-electron chi connectivity index (χ1n) is 7.49. The average molecular weight is 304 g/mol. The molecule has 0 aliphatic carbocycles. The topological polar surface area (TPSA) is 42.4 Å². The Labute approximate surface area is 128 Å². The number of nitrogens with zero attached hydrogens (tertiary/aromatic N) is 2. The van der Waals surface area contributed by atoms with Crippen molar-refractivity contribution in [1.82, 2.24) is 9.88 Å². The van der Waals surface area contributed by atoms with Gasteiger partial charge in [-0.15, -0.1) is 11.3 Å². The number of piperidine rings is 1. The maximum Gasteiger partial charge on any atom is 0.248 e. The normalized spacial score (nSPS) is 16.5. The molecule has 3 rings (SSSR count). The van der Waals surface area contributed by atoms with Crippen LogP contribution in [0.1, 0.15) is 30.7 Å². The van der Waals surface area contributed by atoms with E-state index < -0.39 is 0 Å². The Balaban J connectivity index is 1.61. The first-order valence-corrected chi connectivity index (χ1v) is 8.30. The molecule has 4 nitrogen and oxygen atoms in total. The zero-order valence-electron chi connectivity index (χ0n) is 12.2. The van der Waals surface area contributed by atoms with Crippen LogP contribution in [-0.4, -0.2) is 42.1 Å². The summed E-state index contributed by atoms with van der Waals surface area (Å²) in [5.41, 5.74) is 1.09. The fourth-order valence-corrected chi connectivity index (χ4v) is 3.86. The van der Waals surface area contributed by atoms with Crippen LogP contribution in [0.5, 0.6) is 0 Å². The number of hydrogen-bond acceptors (Lipinski definition) is 4. The highest BCUT2D eigenvalue weighted by Crippen LogP contribution is 2.33. The Bertz CT molecular complexity index is 585. The fourth-order valence-electron chi connectivity index (χ4n) is 2.72. The summed E-state index contributed by atoms with van der Waals surface area (Å²) >= 11 is 1.79. The van der Waals surface area contributed by atoms with E-state index in [-0.39, 0.29) is 12.5 Å². The molecule has 1 fully saturated rings. The number of hydrogen-bond donors (Lipinski definition) is 0. The van der Waals surface area contributed by atoms with Crippen molar-refractivity contribution in [3.63, 3.8) is 0 Å². The van der Waals surface area contributed by atoms with Gasteiger partial charge in [0.2, 0.25) is 5.91 Å². The number of carbonyl (C=O) groups is 1. The minimum absolute atomic E-state index is 0.111. The first-order chi connectivity index (χ1) is 10.3. The lowest BCUT2D eigenvalue weighted by Gasteiger charge is -2.31. The predicted molar refractivity (Wildman–Crippen MR) is 84.7 cm³/mol. The second-order valence-electron chi connectivity index (χ2n) is 5.31. The van der Waals surface area contributed by atoms with Gasteiger partial charge in [-0.05, 0) is 31.9 Å². The molecular formula is C16H20N2O2S. The number of para-hydroxylation sites is 1. The number of thiazole rings is 1. The lowest BCUT2D eigenvalue weighted by atomic mass is 9.97. The van der Waals surface area contributed by atoms with Crippen LogP contribution in [0.15, 0.2) is 24.3 Å². The molecule has 21 heavy (non-hydrogen) atoms. The Morgan fingerprint density at radius 2 is 2.14 bits per heavy atom. The third-order valence-electron chi connectivity index (χ3n) is 3.94. The molecule has 1 aromatic heterocycles. The van der Waals surface area contributed by atoms with E-state index in [1.807, 2.05) is 17.9 Å². The quantitative estimate of drug-likeness (QED) is 0.872. The van der Waals surface area contributed by atoms with Crippen molar-refractivity contribution in [2.45, 2.75) is 25.7 Å². The van der Waals surface area contributed by atoms with E-state index in [2.05, 4.69) is 18.2 Å². The van der Waals surface area contributed by atoms with Gasteiger partial charge in [0.25, 0.3) is 0 Å². The van der Waals surface area contributed by atoms with Crippen LogP contribution < -0.4 is 0 Å². The highest BCUT2D eigenvalue weighted by atomic mass is 32.1. The summed E-state index contributed by atoms with van der Waals surface area (Å²) in [7, 11) is 0. The summed E-state index contributed by atoms with van der Waals surface area (Å²) in [6, 6.07) is 8.27. The zero-order valence-corrected chi connectivity index (χ0v) is 13.1. The van der Waals surface area contributed by atoms with Crippen molar-refractivity contribution >= 4 is 27.5 Å². The van der Waals surface area contributed by atoms with Crippen LogP contribution in [0.25, 0.3) is 10.2 Å². The van der Waals surface area contributed by atoms with Crippen molar-refractivity contribution < 1.29 is 9.53 Å². The number of benzene rings is 1. The second kappa shape index (κ2) is 6.54. The predicted octanol–water partition coefficient (Wildman–Crippen LogP) is 3.04. The molecule has 0 N–H and O–H groups in total. The van der Waals surface area contributed by atoms with Crippen LogP contribution in [-0.2, 0) is 9.53 Å². The van der Waals surface area contributed by atoms with E-state index in [4.69, 9.17) is 9.72 Å². The van der Waals surface area contributed by atoms with Gasteiger partial charge in [0.15, 0.2) is 0 Å². The van der Waals surface area contributed by atoms with Crippen molar-refractivity contribution in [1.29, 1.82) is 0 Å². The van der Waals surface area contributed by atoms with Gasteiger partial charge in [-0.25, -0.2) is 4.98 Å². The van der Waals surface area contributed by atoms with Gasteiger partial charge >= 0.3 is 0 Å². The molecular weight excluding hydrogens is 284 g/mol. The maximum absolute atomic E-state index is 11.9. The molecule has 112 valence electrons. The van der Waals surface area contributed by atoms with Crippen LogP contribution in [0.2, 0.25) is 0 Å². The fraction of sp³-hybridized carbons (Fsp3) is 0.500. The van der Waals surface area contributed by atoms with Crippen molar-refractivity contribution in [3.8, 4) is 0 Å². The van der Waals surface area contributed by atoms with Gasteiger partial charge in [-0.1, -0.05) is 12.1 Å². The summed E-state index contributed by atoms with van der Waals surface area (Å²) in [4.78, 5) is 18.6. The molecule has 0 radical (unpaired) electrons. The molecule has 0 atom stereocenters. The molecule has 2 aromatic rings. The van der Waals surface area contributed by atoms with Crippen LogP contribution in [0.3, 0.4) is 0 Å². The van der Waals surface area contributed by atoms with E-state index in [1.165, 1.54) is 9.71 Å². The SMILES string of the molecule is CCOCC(=O)N1CCC(c2nc3ccccc3s2)CC1. The standard InChI is InChI=1S/C16H20N2O2S/c1-2-20-11-15(19)18-9-7-12(8-10-18)16-17-13-5-3-4-6-14(13)21-16/h3-6,12H,2,7-11H2,1H3. The summed E-state index contributed by atoms with van der Waals surface area (Å²) in [5, 5.41) is 1.22. The average Bonchev–Trinajstić information content (AvgIpc) is 2.96. The van der Waals surface area contributed by atoms with E-state index >= 15 is 0 Å². The number of ether oxygens (including phenoxy) is 1. The van der Waals surface area contributed by atoms with Gasteiger partial charge in [0.1, 0.15) is 6.61 Å². The molecule has 1 saturated heterocycles. The van der Waals surface area contributed by atoms with Crippen molar-refractivity contribution in [3.05, 3.63) is 29.3 Å². The summed E-state index contributed by atoms with van der Waals surface area (Å²) in [6.07, 6.45) is 2.00. The molecule has 0 spiro atoms. The monoisotopic (exact) mass is 304 g/mol. The summed E-state index contributed by atoms with van der Waals surface area (Å²) in [6.45, 7) is 4.34. The van der Waals surface area contributed by atoms with Crippen molar-refractivity contribution in [2.75, 3.05) is 26.3 Å². The highest BCUT2D eigenvalue weighted by Gasteiger charge is 2.25. The van der Waals surface area contributed by atoms with Gasteiger partial charge in [0.05, 0.1) is 15.2 Å². The van der Waals surface area contributed by atoms with Gasteiger partial charge < -0.3 is 9.64 Å². The van der Waals surface area contributed by atoms with E-state index in [0.29, 0.717) is 12.5 Å². The highest BCUT2D eigenvalue weighted by molar-refractivity contribution is 7.18. The Morgan fingerprint density at radius 1 is 1.38 bits per heavy atom. The minimum Gasteiger partial charge on any atom is -0.372 e. The summed E-state index contributed by atoms with van der Waals surface area (Å²) in [5.74, 6) is 0.596. The smallest absolute Gasteiger partial charge is 0.248 e. The number of rotatable bonds is 4. The number of carbonyl (C=O) groups excluding carboxylic acids is 1. The van der Waals surface area contributed by atoms with Crippen LogP contribution >= 0.6 is 11.3 Å². The molecule has 0 bridgehead atoms. The largest absolute Gasteiger partial charge is 0.372 e. The first kappa shape index (κ1) is 14.5. The van der Waals surface area contributed by atoms with Gasteiger partial charge in [-0.2, -0.15) is 0 Å². The molecule has 2 heterocycles. The lowest BCUT2D eigenvalue weighted by Crippen LogP contribution is -2.39.